The Morgan fingerprint density at radius 1 is 1.35 bits per heavy atom. The summed E-state index contributed by atoms with van der Waals surface area (Å²) in [5, 5.41) is 13.9. The van der Waals surface area contributed by atoms with Crippen LogP contribution in [0.15, 0.2) is 42.6 Å². The molecule has 8 heteroatoms. The fourth-order valence-electron chi connectivity index (χ4n) is 1.69. The number of anilines is 1. The third-order valence-corrected chi connectivity index (χ3v) is 3.11. The number of carbonyl (C=O) groups is 2. The molecule has 1 aromatic heterocycles. The van der Waals surface area contributed by atoms with Crippen molar-refractivity contribution in [1.82, 2.24) is 0 Å². The average molecular weight is 339 g/mol. The van der Waals surface area contributed by atoms with Gasteiger partial charge in [-0.3, -0.25) is 4.79 Å². The first-order chi connectivity index (χ1) is 10.9. The molecular formula is C15H12ClFN2O4. The van der Waals surface area contributed by atoms with Gasteiger partial charge in [-0.05, 0) is 31.2 Å². The lowest BCUT2D eigenvalue weighted by Crippen LogP contribution is -2.37. The van der Waals surface area contributed by atoms with Crippen molar-refractivity contribution in [2.75, 3.05) is 5.32 Å². The number of esters is 1. The largest absolute Gasteiger partial charge is 0.618 e. The highest BCUT2D eigenvalue weighted by Gasteiger charge is 2.24. The van der Waals surface area contributed by atoms with Crippen LogP contribution in [-0.2, 0) is 9.53 Å². The van der Waals surface area contributed by atoms with Gasteiger partial charge in [0.1, 0.15) is 5.82 Å². The number of nitrogens with zero attached hydrogens (tertiary/aromatic N) is 1. The van der Waals surface area contributed by atoms with E-state index in [9.17, 15) is 19.2 Å². The van der Waals surface area contributed by atoms with Crippen molar-refractivity contribution in [3.63, 3.8) is 0 Å². The average Bonchev–Trinajstić information content (AvgIpc) is 2.50. The van der Waals surface area contributed by atoms with Crippen LogP contribution in [-0.4, -0.2) is 18.0 Å². The monoisotopic (exact) mass is 338 g/mol. The van der Waals surface area contributed by atoms with Gasteiger partial charge >= 0.3 is 11.7 Å². The van der Waals surface area contributed by atoms with E-state index in [0.29, 0.717) is 4.73 Å². The molecule has 0 aliphatic heterocycles. The topological polar surface area (TPSA) is 82.3 Å². The molecule has 0 fully saturated rings. The zero-order valence-corrected chi connectivity index (χ0v) is 12.7. The Kier molecular flexibility index (Phi) is 5.13. The first kappa shape index (κ1) is 16.7. The zero-order valence-electron chi connectivity index (χ0n) is 12.0. The number of benzene rings is 1. The Morgan fingerprint density at radius 3 is 2.74 bits per heavy atom. The number of halogens is 2. The van der Waals surface area contributed by atoms with E-state index in [-0.39, 0.29) is 16.4 Å². The summed E-state index contributed by atoms with van der Waals surface area (Å²) in [6, 6.07) is 7.92. The van der Waals surface area contributed by atoms with E-state index in [1.165, 1.54) is 37.3 Å². The highest BCUT2D eigenvalue weighted by Crippen LogP contribution is 2.19. The number of hydrogen-bond donors (Lipinski definition) is 1. The quantitative estimate of drug-likeness (QED) is 0.527. The third-order valence-electron chi connectivity index (χ3n) is 2.88. The van der Waals surface area contributed by atoms with Crippen LogP contribution in [0.5, 0.6) is 0 Å². The van der Waals surface area contributed by atoms with E-state index in [2.05, 4.69) is 5.32 Å². The Labute approximate surface area is 136 Å². The second-order valence-corrected chi connectivity index (χ2v) is 5.01. The molecule has 0 aliphatic carbocycles. The molecule has 1 N–H and O–H groups in total. The molecule has 0 radical (unpaired) electrons. The summed E-state index contributed by atoms with van der Waals surface area (Å²) in [6.07, 6.45) is -0.0949. The molecular weight excluding hydrogens is 327 g/mol. The molecule has 23 heavy (non-hydrogen) atoms. The lowest BCUT2D eigenvalue weighted by molar-refractivity contribution is -0.608. The van der Waals surface area contributed by atoms with Crippen LogP contribution < -0.4 is 10.0 Å². The predicted octanol–water partition coefficient (Wildman–Crippen LogP) is 2.30. The van der Waals surface area contributed by atoms with Crippen LogP contribution >= 0.6 is 11.6 Å². The van der Waals surface area contributed by atoms with Crippen LogP contribution in [0.2, 0.25) is 5.02 Å². The minimum Gasteiger partial charge on any atom is -0.618 e. The van der Waals surface area contributed by atoms with Gasteiger partial charge < -0.3 is 15.3 Å². The molecule has 0 spiro atoms. The van der Waals surface area contributed by atoms with Crippen LogP contribution in [0.25, 0.3) is 0 Å². The normalized spacial score (nSPS) is 11.6. The molecule has 1 heterocycles. The van der Waals surface area contributed by atoms with Crippen LogP contribution in [0, 0.1) is 11.0 Å². The maximum Gasteiger partial charge on any atom is 0.405 e. The zero-order chi connectivity index (χ0) is 17.0. The smallest absolute Gasteiger partial charge is 0.405 e. The van der Waals surface area contributed by atoms with E-state index in [1.54, 1.807) is 0 Å². The third kappa shape index (κ3) is 4.17. The minimum absolute atomic E-state index is 0.0964. The predicted molar refractivity (Wildman–Crippen MR) is 80.3 cm³/mol. The highest BCUT2D eigenvalue weighted by molar-refractivity contribution is 6.30. The number of hydrogen-bond acceptors (Lipinski definition) is 4. The number of amides is 1. The lowest BCUT2D eigenvalue weighted by atomic mass is 10.3. The van der Waals surface area contributed by atoms with E-state index in [0.717, 1.165) is 12.3 Å². The number of aromatic nitrogens is 1. The SMILES string of the molecule is C[C@@H](OC(=O)c1cccc[n+]1[O-])C(=O)Nc1ccc(Cl)cc1F. The molecule has 6 nitrogen and oxygen atoms in total. The summed E-state index contributed by atoms with van der Waals surface area (Å²) in [7, 11) is 0. The van der Waals surface area contributed by atoms with E-state index in [1.807, 2.05) is 0 Å². The lowest BCUT2D eigenvalue weighted by Gasteiger charge is -2.13. The number of rotatable bonds is 4. The van der Waals surface area contributed by atoms with E-state index in [4.69, 9.17) is 16.3 Å². The minimum atomic E-state index is -1.22. The van der Waals surface area contributed by atoms with E-state index >= 15 is 0 Å². The molecule has 2 aromatic rings. The van der Waals surface area contributed by atoms with Crippen molar-refractivity contribution in [2.45, 2.75) is 13.0 Å². The number of pyridine rings is 1. The fourth-order valence-corrected chi connectivity index (χ4v) is 1.84. The van der Waals surface area contributed by atoms with Crippen molar-refractivity contribution in [1.29, 1.82) is 0 Å². The molecule has 0 aliphatic rings. The van der Waals surface area contributed by atoms with Gasteiger partial charge in [0, 0.05) is 17.2 Å². The van der Waals surface area contributed by atoms with Gasteiger partial charge in [-0.2, -0.15) is 4.73 Å². The molecule has 1 aromatic carbocycles. The van der Waals surface area contributed by atoms with Gasteiger partial charge in [-0.1, -0.05) is 11.6 Å². The molecule has 120 valence electrons. The van der Waals surface area contributed by atoms with Crippen LogP contribution in [0.4, 0.5) is 10.1 Å². The Balaban J connectivity index is 2.03. The highest BCUT2D eigenvalue weighted by atomic mass is 35.5. The maximum atomic E-state index is 13.6. The summed E-state index contributed by atoms with van der Waals surface area (Å²) in [6.45, 7) is 1.30. The second kappa shape index (κ2) is 7.06. The Bertz CT molecular complexity index is 754. The van der Waals surface area contributed by atoms with Crippen molar-refractivity contribution in [2.24, 2.45) is 0 Å². The van der Waals surface area contributed by atoms with Gasteiger partial charge in [-0.15, -0.1) is 0 Å². The molecule has 0 bridgehead atoms. The van der Waals surface area contributed by atoms with Crippen molar-refractivity contribution in [3.8, 4) is 0 Å². The molecule has 1 atom stereocenters. The molecule has 0 saturated carbocycles. The van der Waals surface area contributed by atoms with Gasteiger partial charge in [0.05, 0.1) is 5.69 Å². The summed E-state index contributed by atoms with van der Waals surface area (Å²) < 4.78 is 18.8. The van der Waals surface area contributed by atoms with Crippen molar-refractivity contribution < 1.29 is 23.4 Å². The molecule has 1 amide bonds. The van der Waals surface area contributed by atoms with Gasteiger partial charge in [0.25, 0.3) is 5.91 Å². The Morgan fingerprint density at radius 2 is 2.09 bits per heavy atom. The molecule has 0 unspecified atom stereocenters. The number of carbonyl (C=O) groups excluding carboxylic acids is 2. The summed E-state index contributed by atoms with van der Waals surface area (Å²) in [4.78, 5) is 23.8. The van der Waals surface area contributed by atoms with Gasteiger partial charge in [0.15, 0.2) is 12.3 Å². The maximum absolute atomic E-state index is 13.6. The van der Waals surface area contributed by atoms with Gasteiger partial charge in [0.2, 0.25) is 0 Å². The standard InChI is InChI=1S/C15H12ClFN2O4/c1-9(23-15(21)13-4-2-3-7-19(13)22)14(20)18-12-6-5-10(16)8-11(12)17/h2-9H,1H3,(H,18,20)/t9-/m1/s1. The molecule has 2 rings (SSSR count). The van der Waals surface area contributed by atoms with Crippen LogP contribution in [0.3, 0.4) is 0 Å². The van der Waals surface area contributed by atoms with E-state index < -0.39 is 23.8 Å². The first-order valence-corrected chi connectivity index (χ1v) is 6.91. The summed E-state index contributed by atoms with van der Waals surface area (Å²) in [5.74, 6) is -2.42. The van der Waals surface area contributed by atoms with Crippen molar-refractivity contribution >= 4 is 29.2 Å². The van der Waals surface area contributed by atoms with Gasteiger partial charge in [-0.25, -0.2) is 9.18 Å². The second-order valence-electron chi connectivity index (χ2n) is 4.57. The number of nitrogens with one attached hydrogen (secondary N) is 1. The van der Waals surface area contributed by atoms with Crippen LogP contribution in [0.1, 0.15) is 17.4 Å². The Hall–Kier alpha value is -2.67. The molecule has 0 saturated heterocycles. The fraction of sp³-hybridized carbons (Fsp3) is 0.133. The number of ether oxygens (including phenoxy) is 1. The van der Waals surface area contributed by atoms with Crippen molar-refractivity contribution in [3.05, 3.63) is 64.3 Å². The first-order valence-electron chi connectivity index (χ1n) is 6.53. The summed E-state index contributed by atoms with van der Waals surface area (Å²) >= 11 is 5.61. The summed E-state index contributed by atoms with van der Waals surface area (Å²) in [5.41, 5.74) is -0.356.